The van der Waals surface area contributed by atoms with Gasteiger partial charge in [0.15, 0.2) is 0 Å². The van der Waals surface area contributed by atoms with Gasteiger partial charge in [-0.3, -0.25) is 4.79 Å². The normalized spacial score (nSPS) is 16.0. The molecule has 0 radical (unpaired) electrons. The summed E-state index contributed by atoms with van der Waals surface area (Å²) < 4.78 is 0. The van der Waals surface area contributed by atoms with E-state index in [9.17, 15) is 4.79 Å². The minimum atomic E-state index is -0.375. The fourth-order valence-corrected chi connectivity index (χ4v) is 0.740. The average molecular weight is 189 g/mol. The number of hydrogen-bond donors (Lipinski definition) is 3. The maximum atomic E-state index is 10.2. The first kappa shape index (κ1) is 12.3. The van der Waals surface area contributed by atoms with Crippen LogP contribution in [-0.4, -0.2) is 32.1 Å². The maximum absolute atomic E-state index is 10.2. The standard InChI is InChI=1S/C4H10N2.C4H9NO2/c1-2-6-4-3-5-1;1-3(2)4(6)7-5/h5-6H,1-4H2;3H,5H2,1-2H3. The van der Waals surface area contributed by atoms with Gasteiger partial charge in [0.1, 0.15) is 0 Å². The molecular formula is C8H19N3O2. The van der Waals surface area contributed by atoms with Gasteiger partial charge < -0.3 is 15.5 Å². The fourth-order valence-electron chi connectivity index (χ4n) is 0.740. The summed E-state index contributed by atoms with van der Waals surface area (Å²) >= 11 is 0. The topological polar surface area (TPSA) is 76.4 Å². The Kier molecular flexibility index (Phi) is 7.57. The van der Waals surface area contributed by atoms with E-state index in [1.54, 1.807) is 13.8 Å². The third kappa shape index (κ3) is 7.70. The second-order valence-corrected chi connectivity index (χ2v) is 3.09. The first-order valence-electron chi connectivity index (χ1n) is 4.50. The van der Waals surface area contributed by atoms with Crippen molar-refractivity contribution in [1.29, 1.82) is 0 Å². The molecule has 0 aromatic heterocycles. The molecule has 5 nitrogen and oxygen atoms in total. The number of piperazine rings is 1. The van der Waals surface area contributed by atoms with E-state index in [0.717, 1.165) is 26.2 Å². The zero-order valence-electron chi connectivity index (χ0n) is 8.30. The Bertz CT molecular complexity index is 124. The smallest absolute Gasteiger partial charge is 0.326 e. The molecule has 4 N–H and O–H groups in total. The zero-order chi connectivity index (χ0) is 10.1. The van der Waals surface area contributed by atoms with Crippen molar-refractivity contribution in [2.45, 2.75) is 13.8 Å². The number of carbonyl (C=O) groups is 1. The molecule has 0 atom stereocenters. The minimum Gasteiger partial charge on any atom is -0.373 e. The molecule has 1 saturated heterocycles. The lowest BCUT2D eigenvalue weighted by Crippen LogP contribution is -2.39. The third-order valence-electron chi connectivity index (χ3n) is 1.54. The summed E-state index contributed by atoms with van der Waals surface area (Å²) in [4.78, 5) is 14.0. The molecule has 1 aliphatic rings. The van der Waals surface area contributed by atoms with Crippen molar-refractivity contribution >= 4 is 5.97 Å². The van der Waals surface area contributed by atoms with Gasteiger partial charge in [-0.1, -0.05) is 13.8 Å². The van der Waals surface area contributed by atoms with E-state index in [-0.39, 0.29) is 11.9 Å². The second-order valence-electron chi connectivity index (χ2n) is 3.09. The molecule has 13 heavy (non-hydrogen) atoms. The molecule has 0 aromatic rings. The number of nitrogens with one attached hydrogen (secondary N) is 2. The van der Waals surface area contributed by atoms with Gasteiger partial charge >= 0.3 is 5.97 Å². The highest BCUT2D eigenvalue weighted by Gasteiger charge is 2.04. The van der Waals surface area contributed by atoms with Crippen molar-refractivity contribution in [3.63, 3.8) is 0 Å². The molecule has 0 spiro atoms. The molecule has 1 rings (SSSR count). The molecule has 1 fully saturated rings. The van der Waals surface area contributed by atoms with E-state index in [0.29, 0.717) is 0 Å². The highest BCUT2D eigenvalue weighted by molar-refractivity contribution is 5.70. The van der Waals surface area contributed by atoms with Crippen molar-refractivity contribution in [2.75, 3.05) is 26.2 Å². The number of hydrogen-bond acceptors (Lipinski definition) is 5. The van der Waals surface area contributed by atoms with E-state index in [4.69, 9.17) is 0 Å². The summed E-state index contributed by atoms with van der Waals surface area (Å²) in [6, 6.07) is 0. The predicted octanol–water partition coefficient (Wildman–Crippen LogP) is -0.761. The lowest BCUT2D eigenvalue weighted by Gasteiger charge is -2.11. The Morgan fingerprint density at radius 2 is 1.62 bits per heavy atom. The molecule has 5 heteroatoms. The van der Waals surface area contributed by atoms with Gasteiger partial charge in [0, 0.05) is 26.2 Å². The van der Waals surface area contributed by atoms with Gasteiger partial charge in [-0.05, 0) is 0 Å². The Morgan fingerprint density at radius 1 is 1.23 bits per heavy atom. The fraction of sp³-hybridized carbons (Fsp3) is 0.875. The number of carbonyl (C=O) groups excluding carboxylic acids is 1. The Balaban J connectivity index is 0.000000223. The lowest BCUT2D eigenvalue weighted by atomic mass is 10.2. The van der Waals surface area contributed by atoms with Crippen LogP contribution in [0.15, 0.2) is 0 Å². The average Bonchev–Trinajstić information content (AvgIpc) is 2.20. The molecule has 78 valence electrons. The Morgan fingerprint density at radius 3 is 1.69 bits per heavy atom. The summed E-state index contributed by atoms with van der Waals surface area (Å²) in [5.74, 6) is 4.03. The van der Waals surface area contributed by atoms with Crippen molar-refractivity contribution in [3.8, 4) is 0 Å². The van der Waals surface area contributed by atoms with Gasteiger partial charge in [-0.25, -0.2) is 0 Å². The molecule has 0 aliphatic carbocycles. The summed E-state index contributed by atoms with van der Waals surface area (Å²) in [6.07, 6.45) is 0. The van der Waals surface area contributed by atoms with E-state index < -0.39 is 0 Å². The zero-order valence-corrected chi connectivity index (χ0v) is 8.30. The number of nitrogens with two attached hydrogens (primary N) is 1. The van der Waals surface area contributed by atoms with E-state index in [2.05, 4.69) is 21.4 Å². The largest absolute Gasteiger partial charge is 0.373 e. The summed E-state index contributed by atoms with van der Waals surface area (Å²) in [7, 11) is 0. The van der Waals surface area contributed by atoms with E-state index in [1.807, 2.05) is 0 Å². The second kappa shape index (κ2) is 7.97. The van der Waals surface area contributed by atoms with Gasteiger partial charge in [-0.2, -0.15) is 5.90 Å². The highest BCUT2D eigenvalue weighted by Crippen LogP contribution is 1.90. The van der Waals surface area contributed by atoms with Crippen LogP contribution in [-0.2, 0) is 9.63 Å². The summed E-state index contributed by atoms with van der Waals surface area (Å²) in [6.45, 7) is 7.99. The van der Waals surface area contributed by atoms with Crippen LogP contribution < -0.4 is 16.5 Å². The molecule has 0 saturated carbocycles. The Hall–Kier alpha value is -0.650. The van der Waals surface area contributed by atoms with Gasteiger partial charge in [0.2, 0.25) is 0 Å². The van der Waals surface area contributed by atoms with Gasteiger partial charge in [-0.15, -0.1) is 0 Å². The van der Waals surface area contributed by atoms with Crippen molar-refractivity contribution < 1.29 is 9.63 Å². The van der Waals surface area contributed by atoms with Gasteiger partial charge in [0.05, 0.1) is 5.92 Å². The van der Waals surface area contributed by atoms with Crippen LogP contribution in [0.2, 0.25) is 0 Å². The minimum absolute atomic E-state index is 0.120. The molecule has 0 unspecified atom stereocenters. The first-order valence-corrected chi connectivity index (χ1v) is 4.50. The van der Waals surface area contributed by atoms with E-state index >= 15 is 0 Å². The maximum Gasteiger partial charge on any atom is 0.326 e. The van der Waals surface area contributed by atoms with Crippen LogP contribution in [0.25, 0.3) is 0 Å². The van der Waals surface area contributed by atoms with E-state index in [1.165, 1.54) is 0 Å². The van der Waals surface area contributed by atoms with Crippen LogP contribution in [0.1, 0.15) is 13.8 Å². The predicted molar refractivity (Wildman–Crippen MR) is 50.9 cm³/mol. The third-order valence-corrected chi connectivity index (χ3v) is 1.54. The van der Waals surface area contributed by atoms with Gasteiger partial charge in [0.25, 0.3) is 0 Å². The first-order chi connectivity index (χ1) is 6.18. The van der Waals surface area contributed by atoms with Crippen molar-refractivity contribution in [2.24, 2.45) is 11.8 Å². The summed E-state index contributed by atoms with van der Waals surface area (Å²) in [5, 5.41) is 6.44. The lowest BCUT2D eigenvalue weighted by molar-refractivity contribution is -0.147. The molecule has 1 aliphatic heterocycles. The van der Waals surface area contributed by atoms with Crippen LogP contribution in [0.5, 0.6) is 0 Å². The Labute approximate surface area is 79.0 Å². The highest BCUT2D eigenvalue weighted by atomic mass is 16.7. The molecule has 0 aromatic carbocycles. The molecule has 1 heterocycles. The SMILES string of the molecule is C1CNCCN1.CC(C)C(=O)ON. The van der Waals surface area contributed by atoms with Crippen LogP contribution in [0, 0.1) is 5.92 Å². The number of rotatable bonds is 1. The quantitative estimate of drug-likeness (QED) is 0.473. The van der Waals surface area contributed by atoms with Crippen LogP contribution in [0.4, 0.5) is 0 Å². The molecule has 0 bridgehead atoms. The van der Waals surface area contributed by atoms with Crippen molar-refractivity contribution in [1.82, 2.24) is 10.6 Å². The van der Waals surface area contributed by atoms with Crippen molar-refractivity contribution in [3.05, 3.63) is 0 Å². The van der Waals surface area contributed by atoms with Crippen LogP contribution in [0.3, 0.4) is 0 Å². The molecule has 0 amide bonds. The van der Waals surface area contributed by atoms with Crippen LogP contribution >= 0.6 is 0 Å². The summed E-state index contributed by atoms with van der Waals surface area (Å²) in [5.41, 5.74) is 0. The molecular weight excluding hydrogens is 170 g/mol. The monoisotopic (exact) mass is 189 g/mol.